The van der Waals surface area contributed by atoms with Crippen molar-refractivity contribution < 1.29 is 4.79 Å². The number of para-hydroxylation sites is 2. The first kappa shape index (κ1) is 19.3. The summed E-state index contributed by atoms with van der Waals surface area (Å²) in [7, 11) is 0. The number of halogens is 1. The summed E-state index contributed by atoms with van der Waals surface area (Å²) in [4.78, 5) is 13.1. The lowest BCUT2D eigenvalue weighted by Gasteiger charge is -2.10. The van der Waals surface area contributed by atoms with E-state index in [0.717, 1.165) is 32.7 Å². The van der Waals surface area contributed by atoms with Crippen LogP contribution in [0.15, 0.2) is 95.7 Å². The molecule has 1 aliphatic heterocycles. The Morgan fingerprint density at radius 1 is 0.935 bits per heavy atom. The van der Waals surface area contributed by atoms with Gasteiger partial charge < -0.3 is 4.57 Å². The van der Waals surface area contributed by atoms with Crippen LogP contribution in [0.3, 0.4) is 0 Å². The summed E-state index contributed by atoms with van der Waals surface area (Å²) in [5, 5.41) is 7.78. The van der Waals surface area contributed by atoms with E-state index in [4.69, 9.17) is 11.6 Å². The van der Waals surface area contributed by atoms with Gasteiger partial charge in [-0.3, -0.25) is 4.79 Å². The third kappa shape index (κ3) is 3.56. The molecule has 152 valence electrons. The zero-order chi connectivity index (χ0) is 21.4. The Bertz CT molecular complexity index is 1350. The van der Waals surface area contributed by atoms with Crippen molar-refractivity contribution in [2.75, 3.05) is 5.01 Å². The molecule has 0 saturated heterocycles. The molecule has 3 aromatic carbocycles. The van der Waals surface area contributed by atoms with Gasteiger partial charge in [-0.2, -0.15) is 10.1 Å². The van der Waals surface area contributed by atoms with Gasteiger partial charge in [0.15, 0.2) is 0 Å². The number of rotatable bonds is 4. The molecule has 0 spiro atoms. The summed E-state index contributed by atoms with van der Waals surface area (Å²) in [5.74, 6) is -0.119. The van der Waals surface area contributed by atoms with Crippen molar-refractivity contribution in [3.05, 3.63) is 107 Å². The lowest BCUT2D eigenvalue weighted by atomic mass is 10.1. The van der Waals surface area contributed by atoms with Gasteiger partial charge in [0, 0.05) is 34.2 Å². The van der Waals surface area contributed by atoms with E-state index >= 15 is 0 Å². The van der Waals surface area contributed by atoms with Crippen LogP contribution in [0.25, 0.3) is 17.0 Å². The second kappa shape index (κ2) is 7.89. The van der Waals surface area contributed by atoms with Gasteiger partial charge >= 0.3 is 0 Å². The number of carbonyl (C=O) groups is 1. The van der Waals surface area contributed by atoms with Crippen molar-refractivity contribution in [3.8, 4) is 0 Å². The zero-order valence-corrected chi connectivity index (χ0v) is 17.8. The van der Waals surface area contributed by atoms with Crippen molar-refractivity contribution in [1.29, 1.82) is 0 Å². The summed E-state index contributed by atoms with van der Waals surface area (Å²) < 4.78 is 2.17. The number of hydrazone groups is 1. The van der Waals surface area contributed by atoms with E-state index in [1.165, 1.54) is 5.01 Å². The van der Waals surface area contributed by atoms with Crippen molar-refractivity contribution in [2.24, 2.45) is 5.10 Å². The minimum Gasteiger partial charge on any atom is -0.342 e. The highest BCUT2D eigenvalue weighted by molar-refractivity contribution is 6.32. The minimum absolute atomic E-state index is 0.119. The zero-order valence-electron chi connectivity index (χ0n) is 17.0. The molecule has 1 aromatic heterocycles. The fourth-order valence-electron chi connectivity index (χ4n) is 3.92. The summed E-state index contributed by atoms with van der Waals surface area (Å²) in [6.45, 7) is 2.52. The third-order valence-corrected chi connectivity index (χ3v) is 5.85. The number of anilines is 1. The highest BCUT2D eigenvalue weighted by atomic mass is 35.5. The molecule has 1 aliphatic rings. The molecule has 31 heavy (non-hydrogen) atoms. The number of benzene rings is 3. The predicted octanol–water partition coefficient (Wildman–Crippen LogP) is 6.15. The average molecular weight is 426 g/mol. The Balaban J connectivity index is 1.55. The van der Waals surface area contributed by atoms with Crippen LogP contribution in [0.1, 0.15) is 18.1 Å². The van der Waals surface area contributed by atoms with E-state index in [1.54, 1.807) is 0 Å². The molecule has 0 fully saturated rings. The summed E-state index contributed by atoms with van der Waals surface area (Å²) in [5.41, 5.74) is 5.19. The lowest BCUT2D eigenvalue weighted by Crippen LogP contribution is -2.21. The quantitative estimate of drug-likeness (QED) is 0.361. The number of aromatic nitrogens is 1. The molecular formula is C26H20ClN3O. The average Bonchev–Trinajstić information content (AvgIpc) is 3.28. The Hall–Kier alpha value is -3.63. The fraction of sp³-hybridized carbons (Fsp3) is 0.0769. The maximum Gasteiger partial charge on any atom is 0.280 e. The second-order valence-electron chi connectivity index (χ2n) is 7.52. The van der Waals surface area contributed by atoms with Crippen LogP contribution in [0, 0.1) is 0 Å². The van der Waals surface area contributed by atoms with Crippen molar-refractivity contribution >= 4 is 45.9 Å². The lowest BCUT2D eigenvalue weighted by molar-refractivity contribution is -0.114. The molecule has 0 radical (unpaired) electrons. The number of amides is 1. The Morgan fingerprint density at radius 3 is 2.45 bits per heavy atom. The standard InChI is InChI=1S/C26H20ClN3O/c1-18-23(26(31)30(28-18)21-10-3-2-4-11-21)15-20-17-29(25-14-8-6-12-22(20)25)16-19-9-5-7-13-24(19)27/h2-15,17H,16H2,1H3/b23-15+. The van der Waals surface area contributed by atoms with Gasteiger partial charge in [0.2, 0.25) is 0 Å². The minimum atomic E-state index is -0.119. The second-order valence-corrected chi connectivity index (χ2v) is 7.92. The predicted molar refractivity (Wildman–Crippen MR) is 128 cm³/mol. The molecule has 4 nitrogen and oxygen atoms in total. The molecule has 2 heterocycles. The molecule has 0 N–H and O–H groups in total. The Morgan fingerprint density at radius 2 is 1.65 bits per heavy atom. The first-order valence-corrected chi connectivity index (χ1v) is 10.5. The van der Waals surface area contributed by atoms with E-state index in [-0.39, 0.29) is 5.91 Å². The molecule has 0 bridgehead atoms. The summed E-state index contributed by atoms with van der Waals surface area (Å²) in [6, 6.07) is 25.5. The smallest absolute Gasteiger partial charge is 0.280 e. The number of hydrogen-bond donors (Lipinski definition) is 0. The number of nitrogens with zero attached hydrogens (tertiary/aromatic N) is 3. The normalized spacial score (nSPS) is 15.2. The molecule has 0 aliphatic carbocycles. The number of fused-ring (bicyclic) bond motifs is 1. The van der Waals surface area contributed by atoms with Gasteiger partial charge in [-0.25, -0.2) is 0 Å². The first-order chi connectivity index (χ1) is 15.1. The summed E-state index contributed by atoms with van der Waals surface area (Å²) >= 11 is 6.39. The van der Waals surface area contributed by atoms with E-state index in [9.17, 15) is 4.79 Å². The Kier molecular flexibility index (Phi) is 4.92. The molecular weight excluding hydrogens is 406 g/mol. The van der Waals surface area contributed by atoms with E-state index in [0.29, 0.717) is 17.8 Å². The SMILES string of the molecule is CC1=NN(c2ccccc2)C(=O)/C1=C/c1cn(Cc2ccccc2Cl)c2ccccc12. The van der Waals surface area contributed by atoms with Crippen molar-refractivity contribution in [1.82, 2.24) is 4.57 Å². The van der Waals surface area contributed by atoms with E-state index in [2.05, 4.69) is 28.0 Å². The van der Waals surface area contributed by atoms with Crippen molar-refractivity contribution in [2.45, 2.75) is 13.5 Å². The van der Waals surface area contributed by atoms with Crippen LogP contribution in [-0.2, 0) is 11.3 Å². The molecule has 0 atom stereocenters. The highest BCUT2D eigenvalue weighted by Gasteiger charge is 2.28. The summed E-state index contributed by atoms with van der Waals surface area (Å²) in [6.07, 6.45) is 4.02. The number of carbonyl (C=O) groups excluding carboxylic acids is 1. The van der Waals surface area contributed by atoms with Crippen LogP contribution >= 0.6 is 11.6 Å². The molecule has 4 aromatic rings. The molecule has 0 saturated carbocycles. The van der Waals surface area contributed by atoms with Gasteiger partial charge in [0.25, 0.3) is 5.91 Å². The number of hydrogen-bond acceptors (Lipinski definition) is 2. The molecule has 5 heteroatoms. The maximum absolute atomic E-state index is 13.1. The van der Waals surface area contributed by atoms with Crippen LogP contribution in [0.5, 0.6) is 0 Å². The van der Waals surface area contributed by atoms with E-state index in [1.807, 2.05) is 79.7 Å². The third-order valence-electron chi connectivity index (χ3n) is 5.48. The molecule has 1 amide bonds. The monoisotopic (exact) mass is 425 g/mol. The van der Waals surface area contributed by atoms with Gasteiger partial charge in [0.05, 0.1) is 17.0 Å². The maximum atomic E-state index is 13.1. The van der Waals surface area contributed by atoms with Crippen LogP contribution < -0.4 is 5.01 Å². The van der Waals surface area contributed by atoms with Crippen LogP contribution in [-0.4, -0.2) is 16.2 Å². The van der Waals surface area contributed by atoms with Gasteiger partial charge in [-0.1, -0.05) is 66.2 Å². The van der Waals surface area contributed by atoms with Gasteiger partial charge in [-0.15, -0.1) is 0 Å². The first-order valence-electron chi connectivity index (χ1n) is 10.1. The topological polar surface area (TPSA) is 37.6 Å². The largest absolute Gasteiger partial charge is 0.342 e. The Labute approximate surface area is 185 Å². The van der Waals surface area contributed by atoms with Crippen LogP contribution in [0.2, 0.25) is 5.02 Å². The molecule has 5 rings (SSSR count). The van der Waals surface area contributed by atoms with Gasteiger partial charge in [0.1, 0.15) is 0 Å². The van der Waals surface area contributed by atoms with Crippen LogP contribution in [0.4, 0.5) is 5.69 Å². The van der Waals surface area contributed by atoms with E-state index < -0.39 is 0 Å². The fourth-order valence-corrected chi connectivity index (χ4v) is 4.11. The van der Waals surface area contributed by atoms with Crippen molar-refractivity contribution in [3.63, 3.8) is 0 Å². The molecule has 0 unspecified atom stereocenters. The van der Waals surface area contributed by atoms with Gasteiger partial charge in [-0.05, 0) is 42.8 Å². The highest BCUT2D eigenvalue weighted by Crippen LogP contribution is 2.29.